The monoisotopic (exact) mass is 322 g/mol. The molecule has 2 aromatic carbocycles. The minimum atomic E-state index is 0.203. The highest BCUT2D eigenvalue weighted by atomic mass is 16.2. The maximum atomic E-state index is 12.9. The summed E-state index contributed by atoms with van der Waals surface area (Å²) in [6, 6.07) is 18.5. The fourth-order valence-corrected chi connectivity index (χ4v) is 3.21. The van der Waals surface area contributed by atoms with Gasteiger partial charge in [-0.2, -0.15) is 0 Å². The molecule has 3 heteroatoms. The Bertz CT molecular complexity index is 645. The molecule has 1 saturated heterocycles. The summed E-state index contributed by atoms with van der Waals surface area (Å²) in [6.45, 7) is 5.84. The largest absolute Gasteiger partial charge is 0.308 e. The Morgan fingerprint density at radius 2 is 1.67 bits per heavy atom. The first-order chi connectivity index (χ1) is 11.7. The Kier molecular flexibility index (Phi) is 5.65. The highest BCUT2D eigenvalue weighted by molar-refractivity contribution is 5.93. The molecule has 0 atom stereocenters. The normalized spacial score (nSPS) is 14.7. The van der Waals surface area contributed by atoms with Crippen LogP contribution in [0.1, 0.15) is 30.4 Å². The number of nitrogens with zero attached hydrogens (tertiary/aromatic N) is 2. The Hall–Kier alpha value is -2.13. The van der Waals surface area contributed by atoms with Crippen molar-refractivity contribution in [2.24, 2.45) is 0 Å². The number of carbonyl (C=O) groups excluding carboxylic acids is 1. The second kappa shape index (κ2) is 8.11. The van der Waals surface area contributed by atoms with Crippen LogP contribution in [0.3, 0.4) is 0 Å². The van der Waals surface area contributed by atoms with E-state index in [0.29, 0.717) is 13.0 Å². The van der Waals surface area contributed by atoms with E-state index in [-0.39, 0.29) is 5.91 Å². The average Bonchev–Trinajstić information content (AvgIpc) is 3.13. The van der Waals surface area contributed by atoms with Crippen LogP contribution in [-0.2, 0) is 11.3 Å². The lowest BCUT2D eigenvalue weighted by Crippen LogP contribution is -2.33. The van der Waals surface area contributed by atoms with Gasteiger partial charge in [0.05, 0.1) is 6.54 Å². The van der Waals surface area contributed by atoms with Gasteiger partial charge in [-0.25, -0.2) is 0 Å². The van der Waals surface area contributed by atoms with E-state index in [2.05, 4.69) is 36.1 Å². The van der Waals surface area contributed by atoms with Gasteiger partial charge < -0.3 is 9.80 Å². The molecule has 0 aromatic heterocycles. The third kappa shape index (κ3) is 4.45. The number of carbonyl (C=O) groups is 1. The molecule has 0 radical (unpaired) electrons. The zero-order chi connectivity index (χ0) is 16.8. The minimum Gasteiger partial charge on any atom is -0.308 e. The Labute approximate surface area is 144 Å². The van der Waals surface area contributed by atoms with E-state index >= 15 is 0 Å². The number of benzene rings is 2. The van der Waals surface area contributed by atoms with E-state index in [9.17, 15) is 4.79 Å². The summed E-state index contributed by atoms with van der Waals surface area (Å²) in [7, 11) is 0. The number of rotatable bonds is 6. The molecule has 3 nitrogen and oxygen atoms in total. The number of amides is 1. The van der Waals surface area contributed by atoms with Crippen LogP contribution in [0.4, 0.5) is 5.69 Å². The standard InChI is InChI=1S/C21H26N2O/c1-18-9-11-20(12-10-18)23(17-19-7-3-2-4-8-19)21(24)13-16-22-14-5-6-15-22/h2-4,7-12H,5-6,13-17H2,1H3. The molecule has 1 aliphatic heterocycles. The quantitative estimate of drug-likeness (QED) is 0.802. The zero-order valence-corrected chi connectivity index (χ0v) is 14.4. The van der Waals surface area contributed by atoms with Crippen LogP contribution >= 0.6 is 0 Å². The van der Waals surface area contributed by atoms with Crippen molar-refractivity contribution in [3.05, 3.63) is 65.7 Å². The number of likely N-dealkylation sites (tertiary alicyclic amines) is 1. The molecule has 2 aromatic rings. The van der Waals surface area contributed by atoms with Gasteiger partial charge >= 0.3 is 0 Å². The number of hydrogen-bond donors (Lipinski definition) is 0. The van der Waals surface area contributed by atoms with Crippen LogP contribution in [0.5, 0.6) is 0 Å². The topological polar surface area (TPSA) is 23.6 Å². The molecular weight excluding hydrogens is 296 g/mol. The van der Waals surface area contributed by atoms with E-state index < -0.39 is 0 Å². The van der Waals surface area contributed by atoms with Crippen LogP contribution in [0.2, 0.25) is 0 Å². The first kappa shape index (κ1) is 16.7. The van der Waals surface area contributed by atoms with Crippen LogP contribution in [-0.4, -0.2) is 30.4 Å². The van der Waals surface area contributed by atoms with Crippen molar-refractivity contribution in [2.75, 3.05) is 24.5 Å². The lowest BCUT2D eigenvalue weighted by molar-refractivity contribution is -0.119. The Balaban J connectivity index is 1.72. The predicted octanol–water partition coefficient (Wildman–Crippen LogP) is 4.01. The van der Waals surface area contributed by atoms with E-state index in [1.165, 1.54) is 18.4 Å². The summed E-state index contributed by atoms with van der Waals surface area (Å²) in [5, 5.41) is 0. The summed E-state index contributed by atoms with van der Waals surface area (Å²) < 4.78 is 0. The summed E-state index contributed by atoms with van der Waals surface area (Å²) in [5.74, 6) is 0.203. The Morgan fingerprint density at radius 1 is 1.00 bits per heavy atom. The van der Waals surface area contributed by atoms with Crippen LogP contribution < -0.4 is 4.90 Å². The van der Waals surface area contributed by atoms with E-state index in [1.807, 2.05) is 35.2 Å². The van der Waals surface area contributed by atoms with Crippen molar-refractivity contribution in [1.29, 1.82) is 0 Å². The highest BCUT2D eigenvalue weighted by Crippen LogP contribution is 2.20. The van der Waals surface area contributed by atoms with Crippen LogP contribution in [0.25, 0.3) is 0 Å². The van der Waals surface area contributed by atoms with Gasteiger partial charge in [0.15, 0.2) is 0 Å². The molecule has 0 bridgehead atoms. The molecule has 0 N–H and O–H groups in total. The van der Waals surface area contributed by atoms with Crippen LogP contribution in [0.15, 0.2) is 54.6 Å². The van der Waals surface area contributed by atoms with Crippen molar-refractivity contribution in [1.82, 2.24) is 4.90 Å². The Morgan fingerprint density at radius 3 is 2.33 bits per heavy atom. The van der Waals surface area contributed by atoms with Crippen molar-refractivity contribution in [2.45, 2.75) is 32.7 Å². The molecule has 126 valence electrons. The fourth-order valence-electron chi connectivity index (χ4n) is 3.21. The average molecular weight is 322 g/mol. The van der Waals surface area contributed by atoms with Gasteiger partial charge in [0.2, 0.25) is 5.91 Å². The number of anilines is 1. The van der Waals surface area contributed by atoms with Crippen molar-refractivity contribution in [3.63, 3.8) is 0 Å². The van der Waals surface area contributed by atoms with E-state index in [4.69, 9.17) is 0 Å². The second-order valence-corrected chi connectivity index (χ2v) is 6.60. The fraction of sp³-hybridized carbons (Fsp3) is 0.381. The smallest absolute Gasteiger partial charge is 0.228 e. The second-order valence-electron chi connectivity index (χ2n) is 6.60. The molecular formula is C21H26N2O. The molecule has 3 rings (SSSR count). The molecule has 1 aliphatic rings. The predicted molar refractivity (Wildman–Crippen MR) is 99.1 cm³/mol. The third-order valence-corrected chi connectivity index (χ3v) is 4.67. The lowest BCUT2D eigenvalue weighted by atomic mass is 10.1. The molecule has 0 aliphatic carbocycles. The third-order valence-electron chi connectivity index (χ3n) is 4.67. The maximum absolute atomic E-state index is 12.9. The summed E-state index contributed by atoms with van der Waals surface area (Å²) in [5.41, 5.74) is 3.35. The lowest BCUT2D eigenvalue weighted by Gasteiger charge is -2.24. The maximum Gasteiger partial charge on any atom is 0.228 e. The van der Waals surface area contributed by atoms with Gasteiger partial charge in [-0.15, -0.1) is 0 Å². The number of aryl methyl sites for hydroxylation is 1. The first-order valence-electron chi connectivity index (χ1n) is 8.86. The SMILES string of the molecule is Cc1ccc(N(Cc2ccccc2)C(=O)CCN2CCCC2)cc1. The van der Waals surface area contributed by atoms with E-state index in [1.54, 1.807) is 0 Å². The minimum absolute atomic E-state index is 0.203. The molecule has 0 spiro atoms. The van der Waals surface area contributed by atoms with Gasteiger partial charge in [-0.3, -0.25) is 4.79 Å². The molecule has 1 fully saturated rings. The van der Waals surface area contributed by atoms with Crippen LogP contribution in [0, 0.1) is 6.92 Å². The molecule has 1 heterocycles. The summed E-state index contributed by atoms with van der Waals surface area (Å²) >= 11 is 0. The summed E-state index contributed by atoms with van der Waals surface area (Å²) in [6.07, 6.45) is 3.11. The highest BCUT2D eigenvalue weighted by Gasteiger charge is 2.19. The van der Waals surface area contributed by atoms with E-state index in [0.717, 1.165) is 30.9 Å². The van der Waals surface area contributed by atoms with Gasteiger partial charge in [0.25, 0.3) is 0 Å². The van der Waals surface area contributed by atoms with Crippen molar-refractivity contribution >= 4 is 11.6 Å². The molecule has 1 amide bonds. The van der Waals surface area contributed by atoms with Crippen molar-refractivity contribution < 1.29 is 4.79 Å². The van der Waals surface area contributed by atoms with Crippen molar-refractivity contribution in [3.8, 4) is 0 Å². The summed E-state index contributed by atoms with van der Waals surface area (Å²) in [4.78, 5) is 17.2. The molecule has 24 heavy (non-hydrogen) atoms. The number of hydrogen-bond acceptors (Lipinski definition) is 2. The first-order valence-corrected chi connectivity index (χ1v) is 8.86. The molecule has 0 unspecified atom stereocenters. The molecule has 0 saturated carbocycles. The van der Waals surface area contributed by atoms with Gasteiger partial charge in [0, 0.05) is 18.7 Å². The van der Waals surface area contributed by atoms with Gasteiger partial charge in [0.1, 0.15) is 0 Å². The zero-order valence-electron chi connectivity index (χ0n) is 14.4. The van der Waals surface area contributed by atoms with Gasteiger partial charge in [-0.05, 0) is 50.6 Å². The van der Waals surface area contributed by atoms with Gasteiger partial charge in [-0.1, -0.05) is 48.0 Å².